The smallest absolute Gasteiger partial charge is 0.0558 e. The van der Waals surface area contributed by atoms with Crippen LogP contribution in [-0.2, 0) is 0 Å². The van der Waals surface area contributed by atoms with Gasteiger partial charge in [0.2, 0.25) is 0 Å². The highest BCUT2D eigenvalue weighted by Gasteiger charge is 2.22. The van der Waals surface area contributed by atoms with E-state index in [1.807, 2.05) is 7.05 Å². The minimum Gasteiger partial charge on any atom is -0.395 e. The molecule has 0 spiro atoms. The van der Waals surface area contributed by atoms with E-state index in [9.17, 15) is 0 Å². The van der Waals surface area contributed by atoms with Crippen molar-refractivity contribution in [3.05, 3.63) is 0 Å². The molecule has 11 heavy (non-hydrogen) atoms. The van der Waals surface area contributed by atoms with E-state index in [4.69, 9.17) is 5.11 Å². The Labute approximate surface area is 70.2 Å². The van der Waals surface area contributed by atoms with Gasteiger partial charge in [-0.2, -0.15) is 0 Å². The quantitative estimate of drug-likeness (QED) is 0.672. The molecule has 2 nitrogen and oxygen atoms in total. The van der Waals surface area contributed by atoms with Gasteiger partial charge < -0.3 is 10.0 Å². The van der Waals surface area contributed by atoms with Crippen LogP contribution in [0.4, 0.5) is 0 Å². The summed E-state index contributed by atoms with van der Waals surface area (Å²) in [6, 6.07) is 0.509. The first-order valence-corrected chi connectivity index (χ1v) is 4.20. The molecule has 0 radical (unpaired) electrons. The average Bonchev–Trinajstić information content (AvgIpc) is 1.85. The summed E-state index contributed by atoms with van der Waals surface area (Å²) in [4.78, 5) is 2.18. The summed E-state index contributed by atoms with van der Waals surface area (Å²) in [5.74, 6) is 0. The van der Waals surface area contributed by atoms with Crippen molar-refractivity contribution >= 4 is 0 Å². The van der Waals surface area contributed by atoms with E-state index in [1.54, 1.807) is 0 Å². The molecule has 0 aromatic heterocycles. The average molecular weight is 159 g/mol. The van der Waals surface area contributed by atoms with Gasteiger partial charge in [0.15, 0.2) is 0 Å². The number of aliphatic hydroxyl groups excluding tert-OH is 1. The topological polar surface area (TPSA) is 23.5 Å². The minimum atomic E-state index is 0.247. The third kappa shape index (κ3) is 3.73. The van der Waals surface area contributed by atoms with E-state index >= 15 is 0 Å². The van der Waals surface area contributed by atoms with Crippen LogP contribution in [-0.4, -0.2) is 36.2 Å². The van der Waals surface area contributed by atoms with Gasteiger partial charge in [-0.1, -0.05) is 20.8 Å². The summed E-state index contributed by atoms with van der Waals surface area (Å²) in [6.07, 6.45) is 0. The van der Waals surface area contributed by atoms with E-state index in [2.05, 4.69) is 32.6 Å². The zero-order chi connectivity index (χ0) is 9.07. The van der Waals surface area contributed by atoms with Crippen LogP contribution in [0, 0.1) is 5.41 Å². The standard InChI is InChI=1S/C9H21NO/c1-8(9(2,3)4)10(5)6-7-11/h8,11H,6-7H2,1-5H3. The molecule has 0 amide bonds. The highest BCUT2D eigenvalue weighted by atomic mass is 16.3. The first kappa shape index (κ1) is 10.9. The van der Waals surface area contributed by atoms with Gasteiger partial charge in [0.25, 0.3) is 0 Å². The van der Waals surface area contributed by atoms with Crippen molar-refractivity contribution in [3.8, 4) is 0 Å². The van der Waals surface area contributed by atoms with Crippen LogP contribution in [0.3, 0.4) is 0 Å². The van der Waals surface area contributed by atoms with Gasteiger partial charge in [-0.15, -0.1) is 0 Å². The highest BCUT2D eigenvalue weighted by molar-refractivity contribution is 4.76. The summed E-state index contributed by atoms with van der Waals surface area (Å²) in [5, 5.41) is 8.71. The summed E-state index contributed by atoms with van der Waals surface area (Å²) in [5.41, 5.74) is 0.296. The summed E-state index contributed by atoms with van der Waals surface area (Å²) in [6.45, 7) is 9.84. The molecule has 2 heteroatoms. The molecule has 0 saturated heterocycles. The lowest BCUT2D eigenvalue weighted by Crippen LogP contribution is -2.40. The summed E-state index contributed by atoms with van der Waals surface area (Å²) >= 11 is 0. The second kappa shape index (κ2) is 4.07. The Hall–Kier alpha value is -0.0800. The lowest BCUT2D eigenvalue weighted by atomic mass is 9.87. The molecule has 0 aromatic rings. The highest BCUT2D eigenvalue weighted by Crippen LogP contribution is 2.22. The van der Waals surface area contributed by atoms with Crippen LogP contribution in [0.5, 0.6) is 0 Å². The molecule has 1 unspecified atom stereocenters. The Balaban J connectivity index is 3.91. The molecule has 1 atom stereocenters. The lowest BCUT2D eigenvalue weighted by molar-refractivity contribution is 0.116. The van der Waals surface area contributed by atoms with E-state index < -0.39 is 0 Å². The van der Waals surface area contributed by atoms with Crippen molar-refractivity contribution in [1.82, 2.24) is 4.90 Å². The zero-order valence-corrected chi connectivity index (χ0v) is 8.39. The number of rotatable bonds is 3. The van der Waals surface area contributed by atoms with E-state index in [0.29, 0.717) is 11.5 Å². The molecule has 0 heterocycles. The molecular formula is C9H21NO. The number of nitrogens with zero attached hydrogens (tertiary/aromatic N) is 1. The maximum Gasteiger partial charge on any atom is 0.0558 e. The third-order valence-corrected chi connectivity index (χ3v) is 2.37. The third-order valence-electron chi connectivity index (χ3n) is 2.37. The van der Waals surface area contributed by atoms with Gasteiger partial charge in [-0.05, 0) is 19.4 Å². The Kier molecular flexibility index (Phi) is 4.04. The molecule has 0 rings (SSSR count). The number of aliphatic hydroxyl groups is 1. The molecule has 0 aliphatic rings. The fourth-order valence-electron chi connectivity index (χ4n) is 1.01. The van der Waals surface area contributed by atoms with E-state index in [1.165, 1.54) is 0 Å². The second-order valence-electron chi connectivity index (χ2n) is 4.25. The monoisotopic (exact) mass is 159 g/mol. The van der Waals surface area contributed by atoms with Crippen molar-refractivity contribution in [1.29, 1.82) is 0 Å². The number of hydrogen-bond donors (Lipinski definition) is 1. The van der Waals surface area contributed by atoms with Gasteiger partial charge in [-0.3, -0.25) is 0 Å². The molecule has 0 bridgehead atoms. The molecule has 1 N–H and O–H groups in total. The predicted molar refractivity (Wildman–Crippen MR) is 48.6 cm³/mol. The molecule has 0 fully saturated rings. The van der Waals surface area contributed by atoms with Crippen LogP contribution < -0.4 is 0 Å². The first-order valence-electron chi connectivity index (χ1n) is 4.20. The molecule has 0 aromatic carbocycles. The van der Waals surface area contributed by atoms with Crippen LogP contribution in [0.1, 0.15) is 27.7 Å². The molecule has 0 aliphatic heterocycles. The SMILES string of the molecule is CC(N(C)CCO)C(C)(C)C. The Morgan fingerprint density at radius 3 is 2.09 bits per heavy atom. The Bertz CT molecular complexity index is 107. The van der Waals surface area contributed by atoms with Gasteiger partial charge in [-0.25, -0.2) is 0 Å². The maximum atomic E-state index is 8.71. The molecular weight excluding hydrogens is 138 g/mol. The van der Waals surface area contributed by atoms with Gasteiger partial charge in [0.1, 0.15) is 0 Å². The Morgan fingerprint density at radius 1 is 1.36 bits per heavy atom. The number of hydrogen-bond acceptors (Lipinski definition) is 2. The molecule has 0 saturated carbocycles. The van der Waals surface area contributed by atoms with Gasteiger partial charge in [0.05, 0.1) is 6.61 Å². The Morgan fingerprint density at radius 2 is 1.82 bits per heavy atom. The largest absolute Gasteiger partial charge is 0.395 e. The van der Waals surface area contributed by atoms with Gasteiger partial charge >= 0.3 is 0 Å². The van der Waals surface area contributed by atoms with Crippen molar-refractivity contribution in [2.75, 3.05) is 20.2 Å². The van der Waals surface area contributed by atoms with Crippen LogP contribution in [0.2, 0.25) is 0 Å². The maximum absolute atomic E-state index is 8.71. The van der Waals surface area contributed by atoms with Crippen molar-refractivity contribution in [3.63, 3.8) is 0 Å². The van der Waals surface area contributed by atoms with Crippen LogP contribution in [0.25, 0.3) is 0 Å². The minimum absolute atomic E-state index is 0.247. The fraction of sp³-hybridized carbons (Fsp3) is 1.00. The van der Waals surface area contributed by atoms with Crippen LogP contribution >= 0.6 is 0 Å². The fourth-order valence-corrected chi connectivity index (χ4v) is 1.01. The van der Waals surface area contributed by atoms with Crippen molar-refractivity contribution < 1.29 is 5.11 Å². The normalized spacial score (nSPS) is 15.5. The van der Waals surface area contributed by atoms with Crippen molar-refractivity contribution in [2.45, 2.75) is 33.7 Å². The first-order chi connectivity index (χ1) is 4.89. The van der Waals surface area contributed by atoms with Gasteiger partial charge in [0, 0.05) is 12.6 Å². The molecule has 68 valence electrons. The lowest BCUT2D eigenvalue weighted by Gasteiger charge is -2.34. The summed E-state index contributed by atoms with van der Waals surface area (Å²) in [7, 11) is 2.05. The second-order valence-corrected chi connectivity index (χ2v) is 4.25. The van der Waals surface area contributed by atoms with E-state index in [0.717, 1.165) is 6.54 Å². The van der Waals surface area contributed by atoms with E-state index in [-0.39, 0.29) is 6.61 Å². The molecule has 0 aliphatic carbocycles. The number of likely N-dealkylation sites (N-methyl/N-ethyl adjacent to an activating group) is 1. The predicted octanol–water partition coefficient (Wildman–Crippen LogP) is 1.35. The van der Waals surface area contributed by atoms with Crippen molar-refractivity contribution in [2.24, 2.45) is 5.41 Å². The summed E-state index contributed by atoms with van der Waals surface area (Å²) < 4.78 is 0. The zero-order valence-electron chi connectivity index (χ0n) is 8.39. The van der Waals surface area contributed by atoms with Crippen LogP contribution in [0.15, 0.2) is 0 Å².